The van der Waals surface area contributed by atoms with Crippen LogP contribution in [0.1, 0.15) is 46.5 Å². The van der Waals surface area contributed by atoms with Gasteiger partial charge in [-0.1, -0.05) is 13.8 Å². The number of carbonyl (C=O) groups excluding carboxylic acids is 1. The summed E-state index contributed by atoms with van der Waals surface area (Å²) in [5.41, 5.74) is -0.556. The number of nitrogens with one attached hydrogen (secondary N) is 1. The van der Waals surface area contributed by atoms with Crippen LogP contribution in [0.4, 0.5) is 0 Å². The van der Waals surface area contributed by atoms with E-state index in [1.165, 1.54) is 0 Å². The average Bonchev–Trinajstić information content (AvgIpc) is 2.84. The molecule has 0 aliphatic heterocycles. The molecular weight excluding hydrogens is 258 g/mol. The van der Waals surface area contributed by atoms with Gasteiger partial charge in [0.1, 0.15) is 5.54 Å². The molecule has 2 atom stereocenters. The van der Waals surface area contributed by atoms with Gasteiger partial charge < -0.3 is 19.5 Å². The predicted octanol–water partition coefficient (Wildman–Crippen LogP) is 1.89. The van der Waals surface area contributed by atoms with Gasteiger partial charge in [0, 0.05) is 13.0 Å². The molecule has 1 rings (SSSR count). The van der Waals surface area contributed by atoms with E-state index in [9.17, 15) is 4.79 Å². The van der Waals surface area contributed by atoms with Gasteiger partial charge in [-0.3, -0.25) is 4.79 Å². The minimum absolute atomic E-state index is 0.115. The summed E-state index contributed by atoms with van der Waals surface area (Å²) >= 11 is 0. The molecule has 1 fully saturated rings. The minimum Gasteiger partial charge on any atom is -0.465 e. The fraction of sp³-hybridized carbons (Fsp3) is 0.933. The van der Waals surface area contributed by atoms with Gasteiger partial charge in [-0.2, -0.15) is 0 Å². The molecule has 2 unspecified atom stereocenters. The SMILES string of the molecule is CCCOCCOC1CCC(NCC)(C(=O)OCC)C1. The Kier molecular flexibility index (Phi) is 8.11. The summed E-state index contributed by atoms with van der Waals surface area (Å²) in [5.74, 6) is -0.143. The van der Waals surface area contributed by atoms with Gasteiger partial charge in [-0.15, -0.1) is 0 Å². The second-order valence-corrected chi connectivity index (χ2v) is 5.18. The predicted molar refractivity (Wildman–Crippen MR) is 77.7 cm³/mol. The molecule has 1 aliphatic rings. The van der Waals surface area contributed by atoms with Crippen molar-refractivity contribution < 1.29 is 19.0 Å². The van der Waals surface area contributed by atoms with Crippen LogP contribution in [0.3, 0.4) is 0 Å². The number of hydrogen-bond donors (Lipinski definition) is 1. The standard InChI is InChI=1S/C15H29NO4/c1-4-9-18-10-11-20-13-7-8-15(12-13,16-5-2)14(17)19-6-3/h13,16H,4-12H2,1-3H3. The lowest BCUT2D eigenvalue weighted by atomic mass is 9.97. The maximum atomic E-state index is 12.2. The van der Waals surface area contributed by atoms with Gasteiger partial charge in [0.2, 0.25) is 0 Å². The van der Waals surface area contributed by atoms with E-state index in [0.29, 0.717) is 26.2 Å². The van der Waals surface area contributed by atoms with Crippen molar-refractivity contribution in [1.29, 1.82) is 0 Å². The highest BCUT2D eigenvalue weighted by molar-refractivity contribution is 5.81. The molecule has 0 heterocycles. The largest absolute Gasteiger partial charge is 0.465 e. The van der Waals surface area contributed by atoms with Crippen LogP contribution in [0.2, 0.25) is 0 Å². The first kappa shape index (κ1) is 17.4. The monoisotopic (exact) mass is 287 g/mol. The van der Waals surface area contributed by atoms with Crippen molar-refractivity contribution in [3.63, 3.8) is 0 Å². The van der Waals surface area contributed by atoms with Crippen LogP contribution in [-0.4, -0.2) is 50.6 Å². The zero-order chi connectivity index (χ0) is 14.8. The Morgan fingerprint density at radius 1 is 1.25 bits per heavy atom. The molecule has 20 heavy (non-hydrogen) atoms. The van der Waals surface area contributed by atoms with Crippen LogP contribution in [0.25, 0.3) is 0 Å². The summed E-state index contributed by atoms with van der Waals surface area (Å²) in [6.07, 6.45) is 3.49. The molecule has 0 aromatic heterocycles. The maximum Gasteiger partial charge on any atom is 0.326 e. The third kappa shape index (κ3) is 5.04. The normalized spacial score (nSPS) is 25.9. The third-order valence-corrected chi connectivity index (χ3v) is 3.58. The van der Waals surface area contributed by atoms with Crippen molar-refractivity contribution in [1.82, 2.24) is 5.32 Å². The molecule has 0 aromatic carbocycles. The molecule has 0 spiro atoms. The molecule has 0 saturated heterocycles. The van der Waals surface area contributed by atoms with Crippen molar-refractivity contribution in [2.24, 2.45) is 0 Å². The summed E-state index contributed by atoms with van der Waals surface area (Å²) in [4.78, 5) is 12.2. The molecule has 1 saturated carbocycles. The molecular formula is C15H29NO4. The quantitative estimate of drug-likeness (QED) is 0.491. The Bertz CT molecular complexity index is 285. The molecule has 1 aliphatic carbocycles. The number of esters is 1. The molecule has 0 bridgehead atoms. The fourth-order valence-electron chi connectivity index (χ4n) is 2.69. The smallest absolute Gasteiger partial charge is 0.326 e. The molecule has 5 nitrogen and oxygen atoms in total. The average molecular weight is 287 g/mol. The fourth-order valence-corrected chi connectivity index (χ4v) is 2.69. The topological polar surface area (TPSA) is 56.8 Å². The van der Waals surface area contributed by atoms with Gasteiger partial charge in [0.15, 0.2) is 0 Å². The molecule has 0 amide bonds. The lowest BCUT2D eigenvalue weighted by molar-refractivity contribution is -0.151. The zero-order valence-corrected chi connectivity index (χ0v) is 13.1. The van der Waals surface area contributed by atoms with Crippen LogP contribution >= 0.6 is 0 Å². The summed E-state index contributed by atoms with van der Waals surface area (Å²) < 4.78 is 16.4. The lowest BCUT2D eigenvalue weighted by Gasteiger charge is -2.27. The van der Waals surface area contributed by atoms with E-state index >= 15 is 0 Å². The number of carbonyl (C=O) groups is 1. The second-order valence-electron chi connectivity index (χ2n) is 5.18. The zero-order valence-electron chi connectivity index (χ0n) is 13.1. The molecule has 118 valence electrons. The minimum atomic E-state index is -0.556. The van der Waals surface area contributed by atoms with E-state index in [2.05, 4.69) is 12.2 Å². The van der Waals surface area contributed by atoms with Gasteiger partial charge in [0.05, 0.1) is 25.9 Å². The number of ether oxygens (including phenoxy) is 3. The first-order valence-corrected chi connectivity index (χ1v) is 7.80. The van der Waals surface area contributed by atoms with Gasteiger partial charge in [0.25, 0.3) is 0 Å². The number of hydrogen-bond acceptors (Lipinski definition) is 5. The summed E-state index contributed by atoms with van der Waals surface area (Å²) in [7, 11) is 0. The Labute approximate surface area is 122 Å². The molecule has 0 radical (unpaired) electrons. The van der Waals surface area contributed by atoms with Crippen LogP contribution in [0, 0.1) is 0 Å². The van der Waals surface area contributed by atoms with E-state index in [4.69, 9.17) is 14.2 Å². The Balaban J connectivity index is 2.38. The van der Waals surface area contributed by atoms with Crippen molar-refractivity contribution >= 4 is 5.97 Å². The number of rotatable bonds is 10. The van der Waals surface area contributed by atoms with Crippen molar-refractivity contribution in [3.05, 3.63) is 0 Å². The summed E-state index contributed by atoms with van der Waals surface area (Å²) in [6.45, 7) is 9.10. The third-order valence-electron chi connectivity index (χ3n) is 3.58. The van der Waals surface area contributed by atoms with Crippen molar-refractivity contribution in [2.75, 3.05) is 33.0 Å². The Hall–Kier alpha value is -0.650. The van der Waals surface area contributed by atoms with Crippen molar-refractivity contribution in [2.45, 2.75) is 58.1 Å². The van der Waals surface area contributed by atoms with Crippen LogP contribution in [0.5, 0.6) is 0 Å². The highest BCUT2D eigenvalue weighted by atomic mass is 16.5. The second kappa shape index (κ2) is 9.32. The van der Waals surface area contributed by atoms with Crippen LogP contribution in [0.15, 0.2) is 0 Å². The van der Waals surface area contributed by atoms with E-state index in [0.717, 1.165) is 32.4 Å². The van der Waals surface area contributed by atoms with Gasteiger partial charge in [-0.05, 0) is 32.7 Å². The highest BCUT2D eigenvalue weighted by Crippen LogP contribution is 2.33. The van der Waals surface area contributed by atoms with Crippen molar-refractivity contribution in [3.8, 4) is 0 Å². The summed E-state index contributed by atoms with van der Waals surface area (Å²) in [5, 5.41) is 3.30. The summed E-state index contributed by atoms with van der Waals surface area (Å²) in [6, 6.07) is 0. The molecule has 1 N–H and O–H groups in total. The van der Waals surface area contributed by atoms with Crippen LogP contribution < -0.4 is 5.32 Å². The first-order valence-electron chi connectivity index (χ1n) is 7.80. The van der Waals surface area contributed by atoms with Gasteiger partial charge >= 0.3 is 5.97 Å². The van der Waals surface area contributed by atoms with E-state index in [1.807, 2.05) is 13.8 Å². The van der Waals surface area contributed by atoms with E-state index in [-0.39, 0.29) is 12.1 Å². The Morgan fingerprint density at radius 2 is 2.05 bits per heavy atom. The molecule has 0 aromatic rings. The van der Waals surface area contributed by atoms with Gasteiger partial charge in [-0.25, -0.2) is 0 Å². The van der Waals surface area contributed by atoms with E-state index in [1.54, 1.807) is 0 Å². The first-order chi connectivity index (χ1) is 9.68. The lowest BCUT2D eigenvalue weighted by Crippen LogP contribution is -2.51. The Morgan fingerprint density at radius 3 is 2.70 bits per heavy atom. The van der Waals surface area contributed by atoms with Crippen LogP contribution in [-0.2, 0) is 19.0 Å². The highest BCUT2D eigenvalue weighted by Gasteiger charge is 2.46. The maximum absolute atomic E-state index is 12.2. The van der Waals surface area contributed by atoms with E-state index < -0.39 is 5.54 Å². The molecule has 5 heteroatoms. The number of likely N-dealkylation sites (N-methyl/N-ethyl adjacent to an activating group) is 1.